The van der Waals surface area contributed by atoms with Gasteiger partial charge in [0.15, 0.2) is 0 Å². The Bertz CT molecular complexity index is 635. The van der Waals surface area contributed by atoms with Crippen LogP contribution in [0.25, 0.3) is 0 Å². The third-order valence-corrected chi connectivity index (χ3v) is 2.84. The van der Waals surface area contributed by atoms with E-state index < -0.39 is 6.03 Å². The number of ether oxygens (including phenoxy) is 1. The quantitative estimate of drug-likeness (QED) is 0.899. The van der Waals surface area contributed by atoms with Crippen LogP contribution in [0, 0.1) is 0 Å². The summed E-state index contributed by atoms with van der Waals surface area (Å²) in [6, 6.07) is 7.60. The highest BCUT2D eigenvalue weighted by atomic mass is 35.5. The van der Waals surface area contributed by atoms with Crippen LogP contribution in [0.15, 0.2) is 36.5 Å². The predicted octanol–water partition coefficient (Wildman–Crippen LogP) is 4.04. The molecule has 1 aromatic heterocycles. The van der Waals surface area contributed by atoms with Crippen molar-refractivity contribution in [2.24, 2.45) is 0 Å². The third-order valence-electron chi connectivity index (χ3n) is 2.37. The minimum Gasteiger partial charge on any atom is -0.495 e. The molecule has 0 aliphatic heterocycles. The monoisotopic (exact) mass is 311 g/mol. The van der Waals surface area contributed by atoms with Crippen molar-refractivity contribution in [3.63, 3.8) is 0 Å². The number of nitrogens with zero attached hydrogens (tertiary/aromatic N) is 1. The molecule has 0 bridgehead atoms. The number of methoxy groups -OCH3 is 1. The zero-order chi connectivity index (χ0) is 14.5. The van der Waals surface area contributed by atoms with Crippen LogP contribution in [-0.4, -0.2) is 18.1 Å². The zero-order valence-corrected chi connectivity index (χ0v) is 12.0. The maximum Gasteiger partial charge on any atom is 0.324 e. The molecule has 20 heavy (non-hydrogen) atoms. The van der Waals surface area contributed by atoms with E-state index in [1.165, 1.54) is 19.4 Å². The number of urea groups is 1. The molecule has 5 nitrogen and oxygen atoms in total. The Kier molecular flexibility index (Phi) is 4.65. The topological polar surface area (TPSA) is 63.2 Å². The van der Waals surface area contributed by atoms with Crippen molar-refractivity contribution in [2.75, 3.05) is 17.7 Å². The Hall–Kier alpha value is -1.98. The zero-order valence-electron chi connectivity index (χ0n) is 10.5. The van der Waals surface area contributed by atoms with E-state index in [1.54, 1.807) is 24.3 Å². The number of nitrogens with one attached hydrogen (secondary N) is 2. The van der Waals surface area contributed by atoms with Crippen molar-refractivity contribution in [2.45, 2.75) is 0 Å². The molecule has 1 heterocycles. The summed E-state index contributed by atoms with van der Waals surface area (Å²) in [5, 5.41) is 6.16. The summed E-state index contributed by atoms with van der Waals surface area (Å²) in [6.45, 7) is 0. The Labute approximate surface area is 125 Å². The van der Waals surface area contributed by atoms with E-state index in [0.717, 1.165) is 0 Å². The molecule has 0 radical (unpaired) electrons. The standard InChI is InChI=1S/C13H11Cl2N3O2/c1-20-11-3-2-8(14)6-10(11)17-13(19)18-12-7-9(15)4-5-16-12/h2-7H,1H3,(H2,16,17,18,19). The molecule has 0 atom stereocenters. The molecule has 2 aromatic rings. The van der Waals surface area contributed by atoms with E-state index >= 15 is 0 Å². The highest BCUT2D eigenvalue weighted by Gasteiger charge is 2.09. The number of carbonyl (C=O) groups excluding carboxylic acids is 1. The molecule has 2 rings (SSSR count). The fourth-order valence-corrected chi connectivity index (χ4v) is 1.85. The van der Waals surface area contributed by atoms with Crippen LogP contribution in [0.2, 0.25) is 10.0 Å². The van der Waals surface area contributed by atoms with Gasteiger partial charge in [-0.1, -0.05) is 23.2 Å². The smallest absolute Gasteiger partial charge is 0.324 e. The second-order valence-electron chi connectivity index (χ2n) is 3.78. The maximum absolute atomic E-state index is 11.9. The van der Waals surface area contributed by atoms with Crippen LogP contribution in [0.5, 0.6) is 5.75 Å². The first kappa shape index (κ1) is 14.4. The number of amides is 2. The SMILES string of the molecule is COc1ccc(Cl)cc1NC(=O)Nc1cc(Cl)ccn1. The lowest BCUT2D eigenvalue weighted by molar-refractivity contribution is 0.262. The van der Waals surface area contributed by atoms with Crippen molar-refractivity contribution >= 4 is 40.7 Å². The van der Waals surface area contributed by atoms with E-state index in [4.69, 9.17) is 27.9 Å². The molecule has 0 saturated heterocycles. The van der Waals surface area contributed by atoms with Crippen LogP contribution < -0.4 is 15.4 Å². The highest BCUT2D eigenvalue weighted by molar-refractivity contribution is 6.31. The Morgan fingerprint density at radius 2 is 1.90 bits per heavy atom. The van der Waals surface area contributed by atoms with Crippen LogP contribution in [0.1, 0.15) is 0 Å². The number of pyridine rings is 1. The minimum absolute atomic E-state index is 0.344. The number of halogens is 2. The van der Waals surface area contributed by atoms with Gasteiger partial charge in [-0.2, -0.15) is 0 Å². The molecule has 0 aliphatic carbocycles. The van der Waals surface area contributed by atoms with Crippen LogP contribution >= 0.6 is 23.2 Å². The molecule has 0 aliphatic rings. The van der Waals surface area contributed by atoms with Gasteiger partial charge in [-0.3, -0.25) is 5.32 Å². The van der Waals surface area contributed by atoms with Crippen molar-refractivity contribution in [1.82, 2.24) is 4.98 Å². The average Bonchev–Trinajstić information content (AvgIpc) is 2.38. The second-order valence-corrected chi connectivity index (χ2v) is 4.66. The summed E-state index contributed by atoms with van der Waals surface area (Å²) in [7, 11) is 1.50. The number of hydrogen-bond acceptors (Lipinski definition) is 3. The van der Waals surface area contributed by atoms with E-state index in [2.05, 4.69) is 15.6 Å². The molecule has 104 valence electrons. The Balaban J connectivity index is 2.10. The van der Waals surface area contributed by atoms with E-state index in [1.807, 2.05) is 0 Å². The molecule has 2 amide bonds. The van der Waals surface area contributed by atoms with Gasteiger partial charge < -0.3 is 10.1 Å². The number of anilines is 2. The first-order chi connectivity index (χ1) is 9.58. The number of rotatable bonds is 3. The molecule has 2 N–H and O–H groups in total. The number of hydrogen-bond donors (Lipinski definition) is 2. The fourth-order valence-electron chi connectivity index (χ4n) is 1.52. The van der Waals surface area contributed by atoms with Crippen LogP contribution in [0.3, 0.4) is 0 Å². The Morgan fingerprint density at radius 3 is 2.60 bits per heavy atom. The normalized spacial score (nSPS) is 9.95. The van der Waals surface area contributed by atoms with Crippen molar-refractivity contribution in [3.05, 3.63) is 46.6 Å². The summed E-state index contributed by atoms with van der Waals surface area (Å²) in [5.41, 5.74) is 0.458. The lowest BCUT2D eigenvalue weighted by Gasteiger charge is -2.11. The summed E-state index contributed by atoms with van der Waals surface area (Å²) in [5.74, 6) is 0.847. The molecule has 0 fully saturated rings. The lowest BCUT2D eigenvalue weighted by Crippen LogP contribution is -2.20. The van der Waals surface area contributed by atoms with Gasteiger partial charge in [0.2, 0.25) is 0 Å². The van der Waals surface area contributed by atoms with Gasteiger partial charge in [-0.05, 0) is 30.3 Å². The lowest BCUT2D eigenvalue weighted by atomic mass is 10.3. The van der Waals surface area contributed by atoms with Gasteiger partial charge >= 0.3 is 6.03 Å². The van der Waals surface area contributed by atoms with Crippen LogP contribution in [0.4, 0.5) is 16.3 Å². The molecule has 1 aromatic carbocycles. The van der Waals surface area contributed by atoms with Gasteiger partial charge in [0.1, 0.15) is 11.6 Å². The largest absolute Gasteiger partial charge is 0.495 e. The fraction of sp³-hybridized carbons (Fsp3) is 0.0769. The molecular weight excluding hydrogens is 301 g/mol. The van der Waals surface area contributed by atoms with Gasteiger partial charge in [-0.15, -0.1) is 0 Å². The number of aromatic nitrogens is 1. The molecule has 0 unspecified atom stereocenters. The summed E-state index contributed by atoms with van der Waals surface area (Å²) >= 11 is 11.7. The van der Waals surface area contributed by atoms with Crippen molar-refractivity contribution < 1.29 is 9.53 Å². The van der Waals surface area contributed by atoms with E-state index in [-0.39, 0.29) is 0 Å². The molecule has 0 spiro atoms. The predicted molar refractivity (Wildman–Crippen MR) is 79.9 cm³/mol. The van der Waals surface area contributed by atoms with E-state index in [0.29, 0.717) is 27.3 Å². The third kappa shape index (κ3) is 3.76. The molecule has 7 heteroatoms. The van der Waals surface area contributed by atoms with E-state index in [9.17, 15) is 4.79 Å². The molecular formula is C13H11Cl2N3O2. The maximum atomic E-state index is 11.9. The average molecular weight is 312 g/mol. The highest BCUT2D eigenvalue weighted by Crippen LogP contribution is 2.27. The number of benzene rings is 1. The second kappa shape index (κ2) is 6.45. The van der Waals surface area contributed by atoms with Crippen molar-refractivity contribution in [3.8, 4) is 5.75 Å². The Morgan fingerprint density at radius 1 is 1.15 bits per heavy atom. The van der Waals surface area contributed by atoms with Gasteiger partial charge in [0.05, 0.1) is 12.8 Å². The van der Waals surface area contributed by atoms with Gasteiger partial charge in [-0.25, -0.2) is 9.78 Å². The summed E-state index contributed by atoms with van der Waals surface area (Å²) < 4.78 is 5.13. The molecule has 0 saturated carbocycles. The van der Waals surface area contributed by atoms with Crippen LogP contribution in [-0.2, 0) is 0 Å². The first-order valence-electron chi connectivity index (χ1n) is 5.61. The minimum atomic E-state index is -0.472. The van der Waals surface area contributed by atoms with Gasteiger partial charge in [0, 0.05) is 16.2 Å². The van der Waals surface area contributed by atoms with Crippen molar-refractivity contribution in [1.29, 1.82) is 0 Å². The van der Waals surface area contributed by atoms with Gasteiger partial charge in [0.25, 0.3) is 0 Å². The summed E-state index contributed by atoms with van der Waals surface area (Å²) in [4.78, 5) is 15.8. The number of carbonyl (C=O) groups is 1. The summed E-state index contributed by atoms with van der Waals surface area (Å²) in [6.07, 6.45) is 1.50. The first-order valence-corrected chi connectivity index (χ1v) is 6.37.